The van der Waals surface area contributed by atoms with E-state index in [1.807, 2.05) is 0 Å². The molecule has 1 amide bonds. The van der Waals surface area contributed by atoms with Gasteiger partial charge in [-0.15, -0.1) is 0 Å². The first-order valence-electron chi connectivity index (χ1n) is 7.71. The van der Waals surface area contributed by atoms with E-state index in [4.69, 9.17) is 0 Å². The molecule has 2 fully saturated rings. The van der Waals surface area contributed by atoms with E-state index in [1.165, 1.54) is 32.1 Å². The Morgan fingerprint density at radius 1 is 1.28 bits per heavy atom. The van der Waals surface area contributed by atoms with Crippen LogP contribution in [0.25, 0.3) is 0 Å². The fourth-order valence-corrected chi connectivity index (χ4v) is 3.49. The minimum absolute atomic E-state index is 0.398. The highest BCUT2D eigenvalue weighted by atomic mass is 16.2. The van der Waals surface area contributed by atoms with E-state index in [0.29, 0.717) is 18.0 Å². The molecule has 3 nitrogen and oxygen atoms in total. The quantitative estimate of drug-likeness (QED) is 0.763. The van der Waals surface area contributed by atoms with Crippen LogP contribution in [0.15, 0.2) is 0 Å². The second kappa shape index (κ2) is 6.55. The topological polar surface area (TPSA) is 32.3 Å². The van der Waals surface area contributed by atoms with Crippen LogP contribution in [0.1, 0.15) is 58.8 Å². The van der Waals surface area contributed by atoms with Crippen molar-refractivity contribution in [3.05, 3.63) is 0 Å². The number of fused-ring (bicyclic) bond motifs is 1. The van der Waals surface area contributed by atoms with Crippen molar-refractivity contribution in [2.24, 2.45) is 5.92 Å². The van der Waals surface area contributed by atoms with Gasteiger partial charge >= 0.3 is 0 Å². The Balaban J connectivity index is 1.72. The van der Waals surface area contributed by atoms with E-state index in [1.54, 1.807) is 0 Å². The maximum Gasteiger partial charge on any atom is 0.222 e. The van der Waals surface area contributed by atoms with Gasteiger partial charge in [-0.25, -0.2) is 0 Å². The number of carbonyl (C=O) groups is 1. The highest BCUT2D eigenvalue weighted by molar-refractivity contribution is 5.76. The molecule has 2 aliphatic rings. The molecule has 1 N–H and O–H groups in total. The lowest BCUT2D eigenvalue weighted by Crippen LogP contribution is -2.39. The van der Waals surface area contributed by atoms with Crippen molar-refractivity contribution in [1.29, 1.82) is 0 Å². The number of hydrogen-bond donors (Lipinski definition) is 1. The van der Waals surface area contributed by atoms with Gasteiger partial charge in [0, 0.05) is 25.0 Å². The summed E-state index contributed by atoms with van der Waals surface area (Å²) in [6, 6.07) is 1.11. The molecule has 2 rings (SSSR count). The summed E-state index contributed by atoms with van der Waals surface area (Å²) in [5, 5.41) is 3.38. The van der Waals surface area contributed by atoms with Gasteiger partial charge < -0.3 is 10.2 Å². The Morgan fingerprint density at radius 2 is 2.06 bits per heavy atom. The third kappa shape index (κ3) is 3.47. The van der Waals surface area contributed by atoms with Gasteiger partial charge in [0.2, 0.25) is 5.91 Å². The van der Waals surface area contributed by atoms with Gasteiger partial charge in [-0.1, -0.05) is 26.7 Å². The smallest absolute Gasteiger partial charge is 0.222 e. The maximum absolute atomic E-state index is 12.2. The molecule has 1 heterocycles. The van der Waals surface area contributed by atoms with Gasteiger partial charge in [-0.3, -0.25) is 4.79 Å². The summed E-state index contributed by atoms with van der Waals surface area (Å²) < 4.78 is 0. The maximum atomic E-state index is 12.2. The number of rotatable bonds is 5. The molecule has 3 heteroatoms. The zero-order valence-corrected chi connectivity index (χ0v) is 12.0. The predicted octanol–water partition coefficient (Wildman–Crippen LogP) is 2.56. The van der Waals surface area contributed by atoms with Crippen LogP contribution in [-0.2, 0) is 4.79 Å². The largest absolute Gasteiger partial charge is 0.339 e. The Kier molecular flexibility index (Phi) is 5.04. The number of hydrogen-bond acceptors (Lipinski definition) is 2. The second-order valence-corrected chi connectivity index (χ2v) is 6.20. The molecule has 0 radical (unpaired) electrons. The Hall–Kier alpha value is -0.570. The van der Waals surface area contributed by atoms with Crippen LogP contribution >= 0.6 is 0 Å². The number of nitrogens with zero attached hydrogens (tertiary/aromatic N) is 1. The average molecular weight is 252 g/mol. The third-order valence-electron chi connectivity index (χ3n) is 4.45. The monoisotopic (exact) mass is 252 g/mol. The fraction of sp³-hybridized carbons (Fsp3) is 0.933. The molecule has 1 saturated heterocycles. The van der Waals surface area contributed by atoms with Gasteiger partial charge in [0.05, 0.1) is 0 Å². The van der Waals surface area contributed by atoms with Crippen molar-refractivity contribution < 1.29 is 4.79 Å². The number of nitrogens with one attached hydrogen (secondary N) is 1. The second-order valence-electron chi connectivity index (χ2n) is 6.20. The summed E-state index contributed by atoms with van der Waals surface area (Å²) in [5.74, 6) is 1.21. The van der Waals surface area contributed by atoms with Gasteiger partial charge in [0.15, 0.2) is 0 Å². The Morgan fingerprint density at radius 3 is 2.83 bits per heavy atom. The van der Waals surface area contributed by atoms with Crippen LogP contribution in [-0.4, -0.2) is 36.0 Å². The normalized spacial score (nSPS) is 27.6. The minimum atomic E-state index is 0.398. The van der Waals surface area contributed by atoms with E-state index in [-0.39, 0.29) is 0 Å². The zero-order chi connectivity index (χ0) is 13.0. The van der Waals surface area contributed by atoms with E-state index in [9.17, 15) is 4.79 Å². The number of likely N-dealkylation sites (tertiary alicyclic amines) is 1. The van der Waals surface area contributed by atoms with Crippen molar-refractivity contribution in [1.82, 2.24) is 10.2 Å². The lowest BCUT2D eigenvalue weighted by atomic mass is 9.85. The summed E-state index contributed by atoms with van der Waals surface area (Å²) in [7, 11) is 0. The molecular formula is C15H28N2O. The first-order chi connectivity index (χ1) is 8.68. The van der Waals surface area contributed by atoms with Crippen LogP contribution in [0.3, 0.4) is 0 Å². The van der Waals surface area contributed by atoms with Crippen molar-refractivity contribution in [3.8, 4) is 0 Å². The SMILES string of the molecule is CC(C)NCCCC(=O)N1CCC2CCCCC21. The summed E-state index contributed by atoms with van der Waals surface area (Å²) in [6.45, 7) is 6.28. The molecule has 0 bridgehead atoms. The molecule has 1 aliphatic carbocycles. The molecule has 0 aromatic rings. The fourth-order valence-electron chi connectivity index (χ4n) is 3.49. The van der Waals surface area contributed by atoms with Crippen LogP contribution in [0, 0.1) is 5.92 Å². The highest BCUT2D eigenvalue weighted by Gasteiger charge is 2.37. The summed E-state index contributed by atoms with van der Waals surface area (Å²) >= 11 is 0. The summed E-state index contributed by atoms with van der Waals surface area (Å²) in [6.07, 6.45) is 8.25. The van der Waals surface area contributed by atoms with Crippen molar-refractivity contribution in [3.63, 3.8) is 0 Å². The first kappa shape index (κ1) is 13.9. The third-order valence-corrected chi connectivity index (χ3v) is 4.45. The molecule has 1 saturated carbocycles. The van der Waals surface area contributed by atoms with Gasteiger partial charge in [0.25, 0.3) is 0 Å². The summed E-state index contributed by atoms with van der Waals surface area (Å²) in [4.78, 5) is 14.4. The molecule has 0 spiro atoms. The minimum Gasteiger partial charge on any atom is -0.339 e. The van der Waals surface area contributed by atoms with E-state index in [0.717, 1.165) is 31.8 Å². The lowest BCUT2D eigenvalue weighted by Gasteiger charge is -2.31. The molecule has 0 aromatic carbocycles. The molecule has 104 valence electrons. The lowest BCUT2D eigenvalue weighted by molar-refractivity contribution is -0.132. The van der Waals surface area contributed by atoms with Crippen LogP contribution in [0.4, 0.5) is 0 Å². The van der Waals surface area contributed by atoms with Crippen molar-refractivity contribution in [2.45, 2.75) is 70.9 Å². The van der Waals surface area contributed by atoms with Crippen molar-refractivity contribution >= 4 is 5.91 Å². The van der Waals surface area contributed by atoms with Crippen LogP contribution in [0.2, 0.25) is 0 Å². The molecule has 1 aliphatic heterocycles. The van der Waals surface area contributed by atoms with E-state index < -0.39 is 0 Å². The molecular weight excluding hydrogens is 224 g/mol. The van der Waals surface area contributed by atoms with Crippen molar-refractivity contribution in [2.75, 3.05) is 13.1 Å². The molecule has 2 atom stereocenters. The Bertz CT molecular complexity index is 278. The van der Waals surface area contributed by atoms with Gasteiger partial charge in [-0.05, 0) is 38.1 Å². The first-order valence-corrected chi connectivity index (χ1v) is 7.71. The average Bonchev–Trinajstić information content (AvgIpc) is 2.78. The van der Waals surface area contributed by atoms with Crippen LogP contribution < -0.4 is 5.32 Å². The highest BCUT2D eigenvalue weighted by Crippen LogP contribution is 2.36. The van der Waals surface area contributed by atoms with Gasteiger partial charge in [0.1, 0.15) is 0 Å². The molecule has 18 heavy (non-hydrogen) atoms. The van der Waals surface area contributed by atoms with E-state index in [2.05, 4.69) is 24.1 Å². The molecule has 2 unspecified atom stereocenters. The summed E-state index contributed by atoms with van der Waals surface area (Å²) in [5.41, 5.74) is 0. The predicted molar refractivity (Wildman–Crippen MR) is 74.4 cm³/mol. The number of carbonyl (C=O) groups excluding carboxylic acids is 1. The standard InChI is InChI=1S/C15H28N2O/c1-12(2)16-10-5-8-15(18)17-11-9-13-6-3-4-7-14(13)17/h12-14,16H,3-11H2,1-2H3. The van der Waals surface area contributed by atoms with Gasteiger partial charge in [-0.2, -0.15) is 0 Å². The van der Waals surface area contributed by atoms with Crippen LogP contribution in [0.5, 0.6) is 0 Å². The zero-order valence-electron chi connectivity index (χ0n) is 12.0. The Labute approximate surface area is 111 Å². The number of amides is 1. The molecule has 0 aromatic heterocycles. The van der Waals surface area contributed by atoms with E-state index >= 15 is 0 Å².